The van der Waals surface area contributed by atoms with Crippen molar-refractivity contribution in [1.29, 1.82) is 0 Å². The number of aliphatic hydroxyl groups excluding tert-OH is 1. The van der Waals surface area contributed by atoms with Gasteiger partial charge in [0.05, 0.1) is 5.39 Å². The van der Waals surface area contributed by atoms with Crippen molar-refractivity contribution >= 4 is 16.9 Å². The van der Waals surface area contributed by atoms with Crippen LogP contribution in [-0.4, -0.2) is 16.8 Å². The van der Waals surface area contributed by atoms with Gasteiger partial charge < -0.3 is 14.6 Å². The van der Waals surface area contributed by atoms with E-state index in [4.69, 9.17) is 9.52 Å². The first kappa shape index (κ1) is 9.67. The van der Waals surface area contributed by atoms with Crippen LogP contribution in [0.15, 0.2) is 27.8 Å². The Morgan fingerprint density at radius 2 is 2.20 bits per heavy atom. The maximum atomic E-state index is 10.3. The van der Waals surface area contributed by atoms with Gasteiger partial charge >= 0.3 is 5.88 Å². The van der Waals surface area contributed by atoms with Crippen LogP contribution in [0.5, 0.6) is 5.75 Å². The molecular weight excluding hydrogens is 198 g/mol. The van der Waals surface area contributed by atoms with Crippen LogP contribution in [0.2, 0.25) is 0 Å². The van der Waals surface area contributed by atoms with Gasteiger partial charge in [-0.05, 0) is 18.1 Å². The van der Waals surface area contributed by atoms with Crippen molar-refractivity contribution in [2.24, 2.45) is 5.18 Å². The van der Waals surface area contributed by atoms with Gasteiger partial charge in [0.15, 0.2) is 5.75 Å². The highest BCUT2D eigenvalue weighted by Gasteiger charge is 2.16. The normalized spacial score (nSPS) is 10.7. The molecule has 0 saturated carbocycles. The number of hydrogen-bond donors (Lipinski definition) is 2. The van der Waals surface area contributed by atoms with Crippen molar-refractivity contribution in [1.82, 2.24) is 0 Å². The van der Waals surface area contributed by atoms with Gasteiger partial charge in [-0.2, -0.15) is 0 Å². The molecule has 2 N–H and O–H groups in total. The van der Waals surface area contributed by atoms with Crippen LogP contribution in [-0.2, 0) is 6.42 Å². The second-order valence-corrected chi connectivity index (χ2v) is 3.11. The van der Waals surface area contributed by atoms with E-state index in [2.05, 4.69) is 5.18 Å². The van der Waals surface area contributed by atoms with Crippen LogP contribution >= 0.6 is 0 Å². The summed E-state index contributed by atoms with van der Waals surface area (Å²) < 4.78 is 5.02. The molecule has 0 atom stereocenters. The highest BCUT2D eigenvalue weighted by atomic mass is 16.4. The van der Waals surface area contributed by atoms with Gasteiger partial charge in [-0.1, -0.05) is 12.1 Å². The first-order chi connectivity index (χ1) is 7.27. The highest BCUT2D eigenvalue weighted by Crippen LogP contribution is 2.39. The Hall–Kier alpha value is -1.88. The lowest BCUT2D eigenvalue weighted by molar-refractivity contribution is 0.300. The Labute approximate surface area is 84.9 Å². The minimum Gasteiger partial charge on any atom is -0.502 e. The van der Waals surface area contributed by atoms with E-state index in [-0.39, 0.29) is 18.2 Å². The van der Waals surface area contributed by atoms with E-state index >= 15 is 0 Å². The molecule has 0 aliphatic carbocycles. The third-order valence-electron chi connectivity index (χ3n) is 2.22. The molecule has 78 valence electrons. The zero-order chi connectivity index (χ0) is 10.8. The molecule has 5 heteroatoms. The third kappa shape index (κ3) is 1.46. The average molecular weight is 207 g/mol. The van der Waals surface area contributed by atoms with Crippen molar-refractivity contribution in [3.05, 3.63) is 28.7 Å². The van der Waals surface area contributed by atoms with Gasteiger partial charge in [-0.3, -0.25) is 0 Å². The van der Waals surface area contributed by atoms with Gasteiger partial charge in [0.2, 0.25) is 0 Å². The molecular formula is C10H9NO4. The zero-order valence-electron chi connectivity index (χ0n) is 7.80. The summed E-state index contributed by atoms with van der Waals surface area (Å²) in [6.45, 7) is -0.0341. The van der Waals surface area contributed by atoms with E-state index in [1.165, 1.54) is 0 Å². The molecule has 2 rings (SSSR count). The van der Waals surface area contributed by atoms with Crippen LogP contribution in [0.25, 0.3) is 11.0 Å². The minimum atomic E-state index is -0.324. The molecule has 0 amide bonds. The van der Waals surface area contributed by atoms with Gasteiger partial charge in [0, 0.05) is 11.8 Å². The summed E-state index contributed by atoms with van der Waals surface area (Å²) in [7, 11) is 0. The van der Waals surface area contributed by atoms with Crippen molar-refractivity contribution < 1.29 is 14.6 Å². The van der Waals surface area contributed by atoms with Crippen LogP contribution in [0, 0.1) is 4.91 Å². The average Bonchev–Trinajstić information content (AvgIpc) is 2.57. The fraction of sp³-hybridized carbons (Fsp3) is 0.200. The standard InChI is InChI=1S/C10H9NO4/c12-5-4-6-2-1-3-7-8(6)9(13)10(11-14)15-7/h1-3,12-13H,4-5H2. The molecule has 15 heavy (non-hydrogen) atoms. The van der Waals surface area contributed by atoms with Crippen molar-refractivity contribution in [3.8, 4) is 5.75 Å². The van der Waals surface area contributed by atoms with E-state index in [0.29, 0.717) is 17.4 Å². The highest BCUT2D eigenvalue weighted by molar-refractivity contribution is 5.91. The molecule has 2 aromatic rings. The molecule has 0 spiro atoms. The Morgan fingerprint density at radius 3 is 2.87 bits per heavy atom. The van der Waals surface area contributed by atoms with Crippen molar-refractivity contribution in [2.45, 2.75) is 6.42 Å². The zero-order valence-corrected chi connectivity index (χ0v) is 7.80. The minimum absolute atomic E-state index is 0.0341. The molecule has 5 nitrogen and oxygen atoms in total. The third-order valence-corrected chi connectivity index (χ3v) is 2.22. The number of fused-ring (bicyclic) bond motifs is 1. The number of furan rings is 1. The Morgan fingerprint density at radius 1 is 1.40 bits per heavy atom. The SMILES string of the molecule is O=Nc1oc2cccc(CCO)c2c1O. The first-order valence-corrected chi connectivity index (χ1v) is 4.45. The number of nitroso groups, excluding NO2 is 1. The second-order valence-electron chi connectivity index (χ2n) is 3.11. The van der Waals surface area contributed by atoms with Crippen LogP contribution in [0.1, 0.15) is 5.56 Å². The maximum absolute atomic E-state index is 10.3. The number of benzene rings is 1. The lowest BCUT2D eigenvalue weighted by Crippen LogP contribution is -1.90. The topological polar surface area (TPSA) is 83.0 Å². The van der Waals surface area contributed by atoms with E-state index < -0.39 is 0 Å². The number of nitrogens with zero attached hydrogens (tertiary/aromatic N) is 1. The molecule has 0 bridgehead atoms. The molecule has 1 aromatic heterocycles. The predicted molar refractivity (Wildman–Crippen MR) is 54.1 cm³/mol. The monoisotopic (exact) mass is 207 g/mol. The molecule has 0 aliphatic rings. The first-order valence-electron chi connectivity index (χ1n) is 4.45. The van der Waals surface area contributed by atoms with Gasteiger partial charge in [0.1, 0.15) is 5.58 Å². The van der Waals surface area contributed by atoms with E-state index in [1.807, 2.05) is 0 Å². The van der Waals surface area contributed by atoms with Gasteiger partial charge in [-0.15, -0.1) is 4.91 Å². The summed E-state index contributed by atoms with van der Waals surface area (Å²) in [5.74, 6) is -0.584. The van der Waals surface area contributed by atoms with Crippen LogP contribution in [0.4, 0.5) is 5.88 Å². The number of aliphatic hydroxyl groups is 1. The fourth-order valence-electron chi connectivity index (χ4n) is 1.58. The Balaban J connectivity index is 2.72. The Kier molecular flexibility index (Phi) is 2.39. The molecule has 0 aliphatic heterocycles. The Bertz CT molecular complexity index is 503. The number of hydrogen-bond acceptors (Lipinski definition) is 5. The summed E-state index contributed by atoms with van der Waals surface area (Å²) in [5.41, 5.74) is 1.12. The molecule has 1 heterocycles. The summed E-state index contributed by atoms with van der Waals surface area (Å²) in [6, 6.07) is 5.11. The van der Waals surface area contributed by atoms with E-state index in [1.54, 1.807) is 18.2 Å². The molecule has 0 saturated heterocycles. The lowest BCUT2D eigenvalue weighted by Gasteiger charge is -1.99. The summed E-state index contributed by atoms with van der Waals surface area (Å²) in [6.07, 6.45) is 0.392. The molecule has 0 fully saturated rings. The second kappa shape index (κ2) is 3.70. The maximum Gasteiger partial charge on any atom is 0.304 e. The fourth-order valence-corrected chi connectivity index (χ4v) is 1.58. The molecule has 0 radical (unpaired) electrons. The largest absolute Gasteiger partial charge is 0.502 e. The van der Waals surface area contributed by atoms with E-state index in [0.717, 1.165) is 5.56 Å². The van der Waals surface area contributed by atoms with Crippen LogP contribution < -0.4 is 0 Å². The van der Waals surface area contributed by atoms with Gasteiger partial charge in [-0.25, -0.2) is 0 Å². The smallest absolute Gasteiger partial charge is 0.304 e. The van der Waals surface area contributed by atoms with Crippen molar-refractivity contribution in [2.75, 3.05) is 6.61 Å². The summed E-state index contributed by atoms with van der Waals surface area (Å²) in [5, 5.41) is 21.5. The summed E-state index contributed by atoms with van der Waals surface area (Å²) in [4.78, 5) is 10.3. The molecule has 0 unspecified atom stereocenters. The van der Waals surface area contributed by atoms with Gasteiger partial charge in [0.25, 0.3) is 0 Å². The number of aromatic hydroxyl groups is 1. The quantitative estimate of drug-likeness (QED) is 0.754. The molecule has 1 aromatic carbocycles. The van der Waals surface area contributed by atoms with E-state index in [9.17, 15) is 10.0 Å². The van der Waals surface area contributed by atoms with Crippen LogP contribution in [0.3, 0.4) is 0 Å². The predicted octanol–water partition coefficient (Wildman–Crippen LogP) is 2.07. The number of rotatable bonds is 3. The lowest BCUT2D eigenvalue weighted by atomic mass is 10.1. The van der Waals surface area contributed by atoms with Crippen molar-refractivity contribution in [3.63, 3.8) is 0 Å². The summed E-state index contributed by atoms with van der Waals surface area (Å²) >= 11 is 0.